The predicted octanol–water partition coefficient (Wildman–Crippen LogP) is 1.66. The Morgan fingerprint density at radius 1 is 1.44 bits per heavy atom. The average molecular weight is 259 g/mol. The van der Waals surface area contributed by atoms with Crippen molar-refractivity contribution >= 4 is 11.7 Å². The van der Waals surface area contributed by atoms with Gasteiger partial charge in [0.05, 0.1) is 6.61 Å². The standard InChI is InChI=1S/C10H17NO2.C3H8O2/c1-2-13-10(12)7-3-5-9-6-4-8-11-9;1-3(2,4)5/h2-8H2,1H3;4-5H,1-2H3. The number of nitrogens with zero attached hydrogens (tertiary/aromatic N) is 1. The van der Waals surface area contributed by atoms with Crippen molar-refractivity contribution in [3.05, 3.63) is 0 Å². The van der Waals surface area contributed by atoms with E-state index in [9.17, 15) is 4.79 Å². The first-order valence-corrected chi connectivity index (χ1v) is 6.45. The van der Waals surface area contributed by atoms with Gasteiger partial charge in [0.1, 0.15) is 0 Å². The maximum Gasteiger partial charge on any atom is 0.305 e. The van der Waals surface area contributed by atoms with Gasteiger partial charge in [0.2, 0.25) is 0 Å². The molecule has 1 aliphatic heterocycles. The zero-order valence-corrected chi connectivity index (χ0v) is 11.6. The molecule has 106 valence electrons. The molecule has 0 saturated carbocycles. The SMILES string of the molecule is CC(C)(O)O.CCOC(=O)CCCC1=NCCC1. The molecule has 0 atom stereocenters. The molecule has 0 radical (unpaired) electrons. The van der Waals surface area contributed by atoms with Crippen molar-refractivity contribution in [2.24, 2.45) is 4.99 Å². The van der Waals surface area contributed by atoms with Gasteiger partial charge in [-0.3, -0.25) is 9.79 Å². The second kappa shape index (κ2) is 9.05. The van der Waals surface area contributed by atoms with Gasteiger partial charge < -0.3 is 14.9 Å². The lowest BCUT2D eigenvalue weighted by atomic mass is 10.1. The maximum atomic E-state index is 11.0. The first-order valence-electron chi connectivity index (χ1n) is 6.45. The van der Waals surface area contributed by atoms with Crippen molar-refractivity contribution in [1.82, 2.24) is 0 Å². The van der Waals surface area contributed by atoms with Crippen LogP contribution in [0.15, 0.2) is 4.99 Å². The highest BCUT2D eigenvalue weighted by atomic mass is 16.5. The number of ether oxygens (including phenoxy) is 1. The topological polar surface area (TPSA) is 79.1 Å². The molecule has 2 N–H and O–H groups in total. The maximum absolute atomic E-state index is 11.0. The van der Waals surface area contributed by atoms with Crippen molar-refractivity contribution in [1.29, 1.82) is 0 Å². The fraction of sp³-hybridized carbons (Fsp3) is 0.846. The van der Waals surface area contributed by atoms with Crippen LogP contribution >= 0.6 is 0 Å². The van der Waals surface area contributed by atoms with Crippen molar-refractivity contribution in [2.75, 3.05) is 13.2 Å². The average Bonchev–Trinajstić information content (AvgIpc) is 2.68. The zero-order valence-electron chi connectivity index (χ0n) is 11.6. The molecule has 0 bridgehead atoms. The molecular formula is C13H25NO4. The fourth-order valence-electron chi connectivity index (χ4n) is 1.47. The lowest BCUT2D eigenvalue weighted by Gasteiger charge is -2.03. The molecule has 0 saturated heterocycles. The molecule has 1 heterocycles. The Labute approximate surface area is 109 Å². The molecule has 1 rings (SSSR count). The summed E-state index contributed by atoms with van der Waals surface area (Å²) in [6.45, 7) is 5.90. The van der Waals surface area contributed by atoms with Crippen LogP contribution in [0.3, 0.4) is 0 Å². The summed E-state index contributed by atoms with van der Waals surface area (Å²) < 4.78 is 4.83. The summed E-state index contributed by atoms with van der Waals surface area (Å²) in [7, 11) is 0. The monoisotopic (exact) mass is 259 g/mol. The largest absolute Gasteiger partial charge is 0.466 e. The predicted molar refractivity (Wildman–Crippen MR) is 70.5 cm³/mol. The second-order valence-corrected chi connectivity index (χ2v) is 4.70. The Morgan fingerprint density at radius 2 is 2.06 bits per heavy atom. The minimum Gasteiger partial charge on any atom is -0.466 e. The quantitative estimate of drug-likeness (QED) is 0.581. The van der Waals surface area contributed by atoms with E-state index in [1.54, 1.807) is 0 Å². The third kappa shape index (κ3) is 13.1. The fourth-order valence-corrected chi connectivity index (χ4v) is 1.47. The lowest BCUT2D eigenvalue weighted by molar-refractivity contribution is -0.143. The molecule has 18 heavy (non-hydrogen) atoms. The number of esters is 1. The normalized spacial score (nSPS) is 14.6. The van der Waals surface area contributed by atoms with Gasteiger partial charge in [-0.2, -0.15) is 0 Å². The highest BCUT2D eigenvalue weighted by Gasteiger charge is 2.07. The molecule has 0 amide bonds. The Hall–Kier alpha value is -0.940. The molecule has 5 heteroatoms. The molecule has 0 aromatic heterocycles. The van der Waals surface area contributed by atoms with Gasteiger partial charge in [-0.15, -0.1) is 0 Å². The molecule has 0 unspecified atom stereocenters. The van der Waals surface area contributed by atoms with Gasteiger partial charge >= 0.3 is 5.97 Å². The van der Waals surface area contributed by atoms with Gasteiger partial charge in [0, 0.05) is 18.7 Å². The van der Waals surface area contributed by atoms with E-state index in [1.165, 1.54) is 26.0 Å². The highest BCUT2D eigenvalue weighted by molar-refractivity contribution is 5.86. The van der Waals surface area contributed by atoms with Crippen LogP contribution in [0.2, 0.25) is 0 Å². The van der Waals surface area contributed by atoms with Gasteiger partial charge in [0.25, 0.3) is 0 Å². The summed E-state index contributed by atoms with van der Waals surface area (Å²) in [5.74, 6) is -1.58. The van der Waals surface area contributed by atoms with Gasteiger partial charge in [-0.25, -0.2) is 0 Å². The molecule has 5 nitrogen and oxygen atoms in total. The van der Waals surface area contributed by atoms with Gasteiger partial charge in [-0.05, 0) is 46.5 Å². The van der Waals surface area contributed by atoms with Crippen molar-refractivity contribution in [2.45, 2.75) is 58.7 Å². The van der Waals surface area contributed by atoms with E-state index < -0.39 is 5.79 Å². The van der Waals surface area contributed by atoms with Crippen molar-refractivity contribution < 1.29 is 19.7 Å². The number of aliphatic imine (C=N–C) groups is 1. The third-order valence-corrected chi connectivity index (χ3v) is 2.11. The van der Waals surface area contributed by atoms with E-state index in [0.717, 1.165) is 25.8 Å². The number of carbonyl (C=O) groups is 1. The Bertz CT molecular complexity index is 263. The van der Waals surface area contributed by atoms with Crippen LogP contribution < -0.4 is 0 Å². The minimum absolute atomic E-state index is 0.0823. The van der Waals surface area contributed by atoms with Crippen LogP contribution in [-0.4, -0.2) is 40.8 Å². The summed E-state index contributed by atoms with van der Waals surface area (Å²) in [5.41, 5.74) is 1.28. The second-order valence-electron chi connectivity index (χ2n) is 4.70. The van der Waals surface area contributed by atoms with Crippen LogP contribution in [-0.2, 0) is 9.53 Å². The smallest absolute Gasteiger partial charge is 0.305 e. The summed E-state index contributed by atoms with van der Waals surface area (Å²) in [4.78, 5) is 15.3. The number of aliphatic hydroxyl groups is 2. The Balaban J connectivity index is 0.000000494. The van der Waals surface area contributed by atoms with Crippen molar-refractivity contribution in [3.63, 3.8) is 0 Å². The molecule has 0 fully saturated rings. The summed E-state index contributed by atoms with van der Waals surface area (Å²) in [6, 6.07) is 0. The van der Waals surface area contributed by atoms with E-state index in [4.69, 9.17) is 14.9 Å². The van der Waals surface area contributed by atoms with Crippen LogP contribution in [0.4, 0.5) is 0 Å². The molecule has 1 aliphatic rings. The van der Waals surface area contributed by atoms with E-state index in [1.807, 2.05) is 6.92 Å². The van der Waals surface area contributed by atoms with Gasteiger partial charge in [-0.1, -0.05) is 0 Å². The molecule has 0 spiro atoms. The number of hydrogen-bond acceptors (Lipinski definition) is 5. The van der Waals surface area contributed by atoms with E-state index in [2.05, 4.69) is 4.99 Å². The van der Waals surface area contributed by atoms with Crippen LogP contribution in [0.1, 0.15) is 52.9 Å². The zero-order chi connectivity index (χ0) is 14.0. The summed E-state index contributed by atoms with van der Waals surface area (Å²) >= 11 is 0. The van der Waals surface area contributed by atoms with Crippen LogP contribution in [0.5, 0.6) is 0 Å². The third-order valence-electron chi connectivity index (χ3n) is 2.11. The van der Waals surface area contributed by atoms with E-state index in [0.29, 0.717) is 13.0 Å². The van der Waals surface area contributed by atoms with Crippen LogP contribution in [0.25, 0.3) is 0 Å². The van der Waals surface area contributed by atoms with E-state index >= 15 is 0 Å². The van der Waals surface area contributed by atoms with E-state index in [-0.39, 0.29) is 5.97 Å². The molecule has 0 aromatic rings. The van der Waals surface area contributed by atoms with Gasteiger partial charge in [0.15, 0.2) is 5.79 Å². The minimum atomic E-state index is -1.50. The first-order chi connectivity index (χ1) is 8.33. The summed E-state index contributed by atoms with van der Waals surface area (Å²) in [5, 5.41) is 16.2. The highest BCUT2D eigenvalue weighted by Crippen LogP contribution is 2.10. The molecule has 0 aromatic carbocycles. The molecular weight excluding hydrogens is 234 g/mol. The number of hydrogen-bond donors (Lipinski definition) is 2. The number of rotatable bonds is 5. The Kier molecular flexibility index (Phi) is 8.58. The van der Waals surface area contributed by atoms with Crippen LogP contribution in [0, 0.1) is 0 Å². The Morgan fingerprint density at radius 3 is 2.50 bits per heavy atom. The lowest BCUT2D eigenvalue weighted by Crippen LogP contribution is -2.15. The number of carbonyl (C=O) groups excluding carboxylic acids is 1. The molecule has 0 aliphatic carbocycles. The first kappa shape index (κ1) is 17.1. The van der Waals surface area contributed by atoms with Crippen molar-refractivity contribution in [3.8, 4) is 0 Å². The summed E-state index contributed by atoms with van der Waals surface area (Å²) in [6.07, 6.45) is 4.71.